The Morgan fingerprint density at radius 3 is 2.29 bits per heavy atom. The third-order valence-corrected chi connectivity index (χ3v) is 5.89. The molecule has 1 fully saturated rings. The van der Waals surface area contributed by atoms with Crippen molar-refractivity contribution in [2.24, 2.45) is 5.92 Å². The first-order valence-corrected chi connectivity index (χ1v) is 9.82. The number of rotatable bonds is 4. The first-order valence-electron chi connectivity index (χ1n) is 9.82. The molecule has 0 aromatic heterocycles. The van der Waals surface area contributed by atoms with E-state index in [1.807, 2.05) is 18.2 Å². The lowest BCUT2D eigenvalue weighted by molar-refractivity contribution is -0.135. The molecule has 2 aromatic carbocycles. The predicted octanol–water partition coefficient (Wildman–Crippen LogP) is 3.23. The number of esters is 1. The molecule has 162 valence electrons. The highest BCUT2D eigenvalue weighted by Crippen LogP contribution is 2.57. The van der Waals surface area contributed by atoms with Gasteiger partial charge in [0.15, 0.2) is 23.0 Å². The van der Waals surface area contributed by atoms with Crippen molar-refractivity contribution in [1.29, 1.82) is 0 Å². The molecular formula is C23H22O8. The van der Waals surface area contributed by atoms with E-state index in [0.717, 1.165) is 22.3 Å². The van der Waals surface area contributed by atoms with Crippen LogP contribution in [-0.4, -0.2) is 47.8 Å². The van der Waals surface area contributed by atoms with Gasteiger partial charge in [-0.15, -0.1) is 0 Å². The average molecular weight is 426 g/mol. The summed E-state index contributed by atoms with van der Waals surface area (Å²) in [6.45, 7) is 0.381. The van der Waals surface area contributed by atoms with E-state index in [9.17, 15) is 4.79 Å². The number of hydrogen-bond acceptors (Lipinski definition) is 8. The highest BCUT2D eigenvalue weighted by atomic mass is 16.7. The van der Waals surface area contributed by atoms with Crippen molar-refractivity contribution < 1.29 is 38.0 Å². The molecule has 0 unspecified atom stereocenters. The Balaban J connectivity index is 1.92. The zero-order valence-electron chi connectivity index (χ0n) is 17.7. The van der Waals surface area contributed by atoms with Crippen LogP contribution in [0.5, 0.6) is 34.5 Å². The second-order valence-corrected chi connectivity index (χ2v) is 7.39. The van der Waals surface area contributed by atoms with Gasteiger partial charge in [0.2, 0.25) is 18.3 Å². The minimum Gasteiger partial charge on any atom is -0.493 e. The third-order valence-electron chi connectivity index (χ3n) is 5.89. The minimum atomic E-state index is -0.316. The fourth-order valence-electron chi connectivity index (χ4n) is 4.52. The smallest absolute Gasteiger partial charge is 0.334 e. The van der Waals surface area contributed by atoms with Crippen molar-refractivity contribution in [1.82, 2.24) is 0 Å². The molecule has 1 saturated heterocycles. The Morgan fingerprint density at radius 2 is 1.58 bits per heavy atom. The molecule has 0 radical (unpaired) electrons. The summed E-state index contributed by atoms with van der Waals surface area (Å²) in [5.74, 6) is 2.68. The Bertz CT molecular complexity index is 1120. The highest BCUT2D eigenvalue weighted by Gasteiger charge is 2.38. The van der Waals surface area contributed by atoms with E-state index in [2.05, 4.69) is 0 Å². The maximum Gasteiger partial charge on any atom is 0.334 e. The summed E-state index contributed by atoms with van der Waals surface area (Å²) in [5.41, 5.74) is 3.82. The Morgan fingerprint density at radius 1 is 0.839 bits per heavy atom. The van der Waals surface area contributed by atoms with Gasteiger partial charge < -0.3 is 33.2 Å². The molecule has 0 saturated carbocycles. The van der Waals surface area contributed by atoms with Crippen LogP contribution in [0.25, 0.3) is 17.2 Å². The zero-order valence-corrected chi connectivity index (χ0v) is 17.7. The number of cyclic esters (lactones) is 1. The van der Waals surface area contributed by atoms with Crippen LogP contribution in [0, 0.1) is 5.92 Å². The molecule has 8 heteroatoms. The number of ether oxygens (including phenoxy) is 7. The van der Waals surface area contributed by atoms with Crippen molar-refractivity contribution in [3.63, 3.8) is 0 Å². The molecule has 8 nitrogen and oxygen atoms in total. The Kier molecular flexibility index (Phi) is 4.57. The highest BCUT2D eigenvalue weighted by molar-refractivity contribution is 6.00. The number of hydrogen-bond donors (Lipinski definition) is 0. The summed E-state index contributed by atoms with van der Waals surface area (Å²) in [5, 5.41) is 0. The van der Waals surface area contributed by atoms with Gasteiger partial charge in [0, 0.05) is 22.6 Å². The summed E-state index contributed by atoms with van der Waals surface area (Å²) < 4.78 is 39.5. The molecule has 31 heavy (non-hydrogen) atoms. The summed E-state index contributed by atoms with van der Waals surface area (Å²) in [6.07, 6.45) is 2.41. The van der Waals surface area contributed by atoms with Crippen molar-refractivity contribution in [3.8, 4) is 45.6 Å². The number of fused-ring (bicyclic) bond motifs is 6. The number of carbonyl (C=O) groups excluding carboxylic acids is 1. The topological polar surface area (TPSA) is 81.7 Å². The maximum atomic E-state index is 12.5. The fraction of sp³-hybridized carbons (Fsp3) is 0.348. The fourth-order valence-corrected chi connectivity index (χ4v) is 4.52. The van der Waals surface area contributed by atoms with Crippen LogP contribution < -0.4 is 28.4 Å². The minimum absolute atomic E-state index is 0.0638. The van der Waals surface area contributed by atoms with Crippen molar-refractivity contribution in [2.75, 3.05) is 41.8 Å². The van der Waals surface area contributed by atoms with Gasteiger partial charge in [-0.2, -0.15) is 0 Å². The van der Waals surface area contributed by atoms with E-state index >= 15 is 0 Å². The second kappa shape index (κ2) is 7.30. The van der Waals surface area contributed by atoms with E-state index in [0.29, 0.717) is 53.1 Å². The summed E-state index contributed by atoms with van der Waals surface area (Å²) >= 11 is 0. The van der Waals surface area contributed by atoms with Gasteiger partial charge in [-0.25, -0.2) is 4.79 Å². The van der Waals surface area contributed by atoms with Crippen LogP contribution in [0.2, 0.25) is 0 Å². The monoisotopic (exact) mass is 426 g/mol. The molecule has 0 spiro atoms. The molecule has 0 amide bonds. The normalized spacial score (nSPS) is 19.7. The molecule has 0 N–H and O–H groups in total. The molecule has 1 atom stereocenters. The standard InChI is InChI=1S/C23H22O8/c1-25-15-7-11-5-13-9-29-23(24)14(13)6-12-8-16(26-2)20-22(31-10-30-20)18(12)17(11)21(28-4)19(15)27-3/h6-8,13H,5,9-10H2,1-4H3/b14-6+/t13-/m0/s1. The largest absolute Gasteiger partial charge is 0.493 e. The number of methoxy groups -OCH3 is 4. The molecule has 3 aliphatic rings. The molecule has 2 aromatic rings. The van der Waals surface area contributed by atoms with E-state index < -0.39 is 0 Å². The maximum absolute atomic E-state index is 12.5. The van der Waals surface area contributed by atoms with Crippen LogP contribution in [0.4, 0.5) is 0 Å². The van der Waals surface area contributed by atoms with Gasteiger partial charge in [0.05, 0.1) is 35.0 Å². The van der Waals surface area contributed by atoms with Crippen molar-refractivity contribution >= 4 is 12.0 Å². The van der Waals surface area contributed by atoms with Crippen molar-refractivity contribution in [2.45, 2.75) is 6.42 Å². The molecular weight excluding hydrogens is 404 g/mol. The zero-order chi connectivity index (χ0) is 21.7. The Labute approximate surface area is 179 Å². The Hall–Kier alpha value is -3.55. The van der Waals surface area contributed by atoms with E-state index in [-0.39, 0.29) is 18.7 Å². The summed E-state index contributed by atoms with van der Waals surface area (Å²) in [6, 6.07) is 3.75. The SMILES string of the molecule is COc1cc2c(c3c1OCO3)-c1c(cc(OC)c(OC)c1OC)C[C@H]1COC(=O)/C1=C/2. The van der Waals surface area contributed by atoms with Crippen LogP contribution >= 0.6 is 0 Å². The predicted molar refractivity (Wildman–Crippen MR) is 110 cm³/mol. The number of carbonyl (C=O) groups is 1. The molecule has 0 bridgehead atoms. The van der Waals surface area contributed by atoms with Gasteiger partial charge >= 0.3 is 5.97 Å². The molecule has 2 aliphatic heterocycles. The van der Waals surface area contributed by atoms with Crippen LogP contribution in [0.3, 0.4) is 0 Å². The quantitative estimate of drug-likeness (QED) is 0.690. The lowest BCUT2D eigenvalue weighted by Crippen LogP contribution is -2.12. The lowest BCUT2D eigenvalue weighted by atomic mass is 9.82. The van der Waals surface area contributed by atoms with E-state index in [1.165, 1.54) is 0 Å². The van der Waals surface area contributed by atoms with Crippen molar-refractivity contribution in [3.05, 3.63) is 28.8 Å². The number of benzene rings is 2. The van der Waals surface area contributed by atoms with Gasteiger partial charge in [-0.05, 0) is 35.8 Å². The summed E-state index contributed by atoms with van der Waals surface area (Å²) in [4.78, 5) is 12.5. The van der Waals surface area contributed by atoms with Gasteiger partial charge in [0.25, 0.3) is 0 Å². The first kappa shape index (κ1) is 19.4. The van der Waals surface area contributed by atoms with Crippen LogP contribution in [0.15, 0.2) is 17.7 Å². The first-order chi connectivity index (χ1) is 15.1. The van der Waals surface area contributed by atoms with Gasteiger partial charge in [0.1, 0.15) is 0 Å². The molecule has 5 rings (SSSR count). The van der Waals surface area contributed by atoms with Gasteiger partial charge in [-0.3, -0.25) is 0 Å². The van der Waals surface area contributed by atoms with Crippen LogP contribution in [-0.2, 0) is 16.0 Å². The van der Waals surface area contributed by atoms with E-state index in [4.69, 9.17) is 33.2 Å². The summed E-state index contributed by atoms with van der Waals surface area (Å²) in [7, 11) is 6.29. The third kappa shape index (κ3) is 2.78. The lowest BCUT2D eigenvalue weighted by Gasteiger charge is -2.25. The second-order valence-electron chi connectivity index (χ2n) is 7.39. The van der Waals surface area contributed by atoms with Crippen LogP contribution in [0.1, 0.15) is 11.1 Å². The van der Waals surface area contributed by atoms with Gasteiger partial charge in [-0.1, -0.05) is 0 Å². The van der Waals surface area contributed by atoms with E-state index in [1.54, 1.807) is 28.4 Å². The molecule has 2 heterocycles. The molecule has 1 aliphatic carbocycles. The average Bonchev–Trinajstić information content (AvgIpc) is 3.39.